The van der Waals surface area contributed by atoms with Gasteiger partial charge >= 0.3 is 0 Å². The van der Waals surface area contributed by atoms with Crippen LogP contribution in [0.4, 0.5) is 0 Å². The molecule has 0 aromatic rings. The van der Waals surface area contributed by atoms with E-state index in [4.69, 9.17) is 4.74 Å². The molecule has 0 radical (unpaired) electrons. The quantitative estimate of drug-likeness (QED) is 0.744. The summed E-state index contributed by atoms with van der Waals surface area (Å²) in [5, 5.41) is 0. The Morgan fingerprint density at radius 2 is 1.74 bits per heavy atom. The number of rotatable bonds is 6. The van der Waals surface area contributed by atoms with Crippen LogP contribution in [0.25, 0.3) is 0 Å². The molecule has 0 aliphatic carbocycles. The molecule has 23 heavy (non-hydrogen) atoms. The number of carbonyl (C=O) groups excluding carboxylic acids is 1. The van der Waals surface area contributed by atoms with E-state index in [1.807, 2.05) is 0 Å². The summed E-state index contributed by atoms with van der Waals surface area (Å²) >= 11 is 0. The molecule has 0 spiro atoms. The van der Waals surface area contributed by atoms with Crippen molar-refractivity contribution < 1.29 is 9.53 Å². The first-order valence-electron chi connectivity index (χ1n) is 9.18. The first kappa shape index (κ1) is 18.7. The van der Waals surface area contributed by atoms with Gasteiger partial charge in [0.15, 0.2) is 0 Å². The Hall–Kier alpha value is -0.650. The van der Waals surface area contributed by atoms with E-state index in [0.717, 1.165) is 65.3 Å². The Morgan fingerprint density at radius 3 is 2.35 bits per heavy atom. The average Bonchev–Trinajstić information content (AvgIpc) is 2.54. The number of carbonyl (C=O) groups is 1. The highest BCUT2D eigenvalue weighted by Gasteiger charge is 2.30. The largest absolute Gasteiger partial charge is 0.379 e. The number of morpholine rings is 1. The van der Waals surface area contributed by atoms with Crippen molar-refractivity contribution in [3.8, 4) is 0 Å². The Labute approximate surface area is 141 Å². The Morgan fingerprint density at radius 1 is 1.13 bits per heavy atom. The minimum Gasteiger partial charge on any atom is -0.379 e. The van der Waals surface area contributed by atoms with E-state index >= 15 is 0 Å². The van der Waals surface area contributed by atoms with Crippen molar-refractivity contribution in [2.75, 3.05) is 59.5 Å². The standard InChI is InChI=1S/C18H35N3O2/c1-16(17(22)21-8-6-5-7-9-21)19(4)14-18(2,3)15-20-10-12-23-13-11-20/h16H,5-15H2,1-4H3/t16-/m1/s1. The maximum absolute atomic E-state index is 12.7. The lowest BCUT2D eigenvalue weighted by Gasteiger charge is -2.39. The molecule has 0 saturated carbocycles. The predicted octanol–water partition coefficient (Wildman–Crippen LogP) is 1.68. The van der Waals surface area contributed by atoms with E-state index in [1.54, 1.807) is 0 Å². The second-order valence-electron chi connectivity index (χ2n) is 8.03. The zero-order valence-electron chi connectivity index (χ0n) is 15.5. The second kappa shape index (κ2) is 8.45. The van der Waals surface area contributed by atoms with Gasteiger partial charge in [0.1, 0.15) is 0 Å². The third-order valence-corrected chi connectivity index (χ3v) is 5.12. The fourth-order valence-corrected chi connectivity index (χ4v) is 3.79. The van der Waals surface area contributed by atoms with Gasteiger partial charge in [0.25, 0.3) is 0 Å². The summed E-state index contributed by atoms with van der Waals surface area (Å²) in [5.74, 6) is 0.300. The van der Waals surface area contributed by atoms with E-state index in [2.05, 4.69) is 42.5 Å². The fraction of sp³-hybridized carbons (Fsp3) is 0.944. The average molecular weight is 325 g/mol. The number of ether oxygens (including phenoxy) is 1. The van der Waals surface area contributed by atoms with Crippen LogP contribution in [0.1, 0.15) is 40.0 Å². The Bertz CT molecular complexity index is 374. The van der Waals surface area contributed by atoms with Gasteiger partial charge < -0.3 is 9.64 Å². The molecule has 0 N–H and O–H groups in total. The van der Waals surface area contributed by atoms with Gasteiger partial charge in [-0.15, -0.1) is 0 Å². The third-order valence-electron chi connectivity index (χ3n) is 5.12. The molecule has 0 bridgehead atoms. The molecule has 2 aliphatic rings. The summed E-state index contributed by atoms with van der Waals surface area (Å²) in [5.41, 5.74) is 0.169. The first-order valence-corrected chi connectivity index (χ1v) is 9.18. The molecule has 134 valence electrons. The van der Waals surface area contributed by atoms with E-state index in [9.17, 15) is 4.79 Å². The molecule has 2 heterocycles. The normalized spacial score (nSPS) is 22.4. The van der Waals surface area contributed by atoms with Crippen LogP contribution in [-0.4, -0.2) is 86.2 Å². The minimum absolute atomic E-state index is 0.0305. The molecular weight excluding hydrogens is 290 g/mol. The van der Waals surface area contributed by atoms with E-state index in [0.29, 0.717) is 5.91 Å². The maximum Gasteiger partial charge on any atom is 0.239 e. The number of amides is 1. The number of likely N-dealkylation sites (N-methyl/N-ethyl adjacent to an activating group) is 1. The molecular formula is C18H35N3O2. The molecule has 1 atom stereocenters. The van der Waals surface area contributed by atoms with Gasteiger partial charge in [-0.2, -0.15) is 0 Å². The predicted molar refractivity (Wildman–Crippen MR) is 93.6 cm³/mol. The van der Waals surface area contributed by atoms with Crippen molar-refractivity contribution in [1.29, 1.82) is 0 Å². The lowest BCUT2D eigenvalue weighted by atomic mass is 9.91. The van der Waals surface area contributed by atoms with Gasteiger partial charge in [0.2, 0.25) is 5.91 Å². The Kier molecular flexibility index (Phi) is 6.86. The summed E-state index contributed by atoms with van der Waals surface area (Å²) in [6, 6.07) is -0.0305. The van der Waals surface area contributed by atoms with Crippen molar-refractivity contribution in [3.05, 3.63) is 0 Å². The van der Waals surface area contributed by atoms with Gasteiger partial charge in [-0.1, -0.05) is 13.8 Å². The van der Waals surface area contributed by atoms with Crippen LogP contribution in [-0.2, 0) is 9.53 Å². The van der Waals surface area contributed by atoms with Gasteiger partial charge in [-0.25, -0.2) is 0 Å². The fourth-order valence-electron chi connectivity index (χ4n) is 3.79. The number of likely N-dealkylation sites (tertiary alicyclic amines) is 1. The van der Waals surface area contributed by atoms with Gasteiger partial charge in [0, 0.05) is 39.3 Å². The summed E-state index contributed by atoms with van der Waals surface area (Å²) in [6.07, 6.45) is 3.58. The topological polar surface area (TPSA) is 36.0 Å². The zero-order valence-corrected chi connectivity index (χ0v) is 15.5. The molecule has 2 saturated heterocycles. The maximum atomic E-state index is 12.7. The number of piperidine rings is 1. The van der Waals surface area contributed by atoms with Gasteiger partial charge in [0.05, 0.1) is 19.3 Å². The summed E-state index contributed by atoms with van der Waals surface area (Å²) in [4.78, 5) is 19.4. The third kappa shape index (κ3) is 5.73. The highest BCUT2D eigenvalue weighted by Crippen LogP contribution is 2.21. The molecule has 0 aromatic carbocycles. The van der Waals surface area contributed by atoms with Crippen LogP contribution in [0, 0.1) is 5.41 Å². The van der Waals surface area contributed by atoms with Crippen molar-refractivity contribution in [3.63, 3.8) is 0 Å². The van der Waals surface area contributed by atoms with Crippen LogP contribution in [0.3, 0.4) is 0 Å². The lowest BCUT2D eigenvalue weighted by molar-refractivity contribution is -0.137. The Balaban J connectivity index is 1.82. The van der Waals surface area contributed by atoms with E-state index in [1.165, 1.54) is 6.42 Å². The smallest absolute Gasteiger partial charge is 0.239 e. The minimum atomic E-state index is -0.0305. The second-order valence-corrected chi connectivity index (χ2v) is 8.03. The zero-order chi connectivity index (χ0) is 16.9. The van der Waals surface area contributed by atoms with Crippen LogP contribution in [0.2, 0.25) is 0 Å². The molecule has 2 fully saturated rings. The number of hydrogen-bond acceptors (Lipinski definition) is 4. The molecule has 1 amide bonds. The van der Waals surface area contributed by atoms with Gasteiger partial charge in [-0.05, 0) is 38.6 Å². The highest BCUT2D eigenvalue weighted by molar-refractivity contribution is 5.81. The van der Waals surface area contributed by atoms with Crippen molar-refractivity contribution in [1.82, 2.24) is 14.7 Å². The van der Waals surface area contributed by atoms with Crippen LogP contribution in [0.15, 0.2) is 0 Å². The molecule has 5 heteroatoms. The summed E-state index contributed by atoms with van der Waals surface area (Å²) < 4.78 is 5.43. The SMILES string of the molecule is C[C@H](C(=O)N1CCCCC1)N(C)CC(C)(C)CN1CCOCC1. The first-order chi connectivity index (χ1) is 10.9. The molecule has 2 rings (SSSR count). The highest BCUT2D eigenvalue weighted by atomic mass is 16.5. The lowest BCUT2D eigenvalue weighted by Crippen LogP contribution is -2.51. The van der Waals surface area contributed by atoms with Crippen LogP contribution < -0.4 is 0 Å². The van der Waals surface area contributed by atoms with Gasteiger partial charge in [-0.3, -0.25) is 14.6 Å². The number of nitrogens with zero attached hydrogens (tertiary/aromatic N) is 3. The van der Waals surface area contributed by atoms with Crippen LogP contribution in [0.5, 0.6) is 0 Å². The monoisotopic (exact) mass is 325 g/mol. The molecule has 2 aliphatic heterocycles. The van der Waals surface area contributed by atoms with Crippen LogP contribution >= 0.6 is 0 Å². The molecule has 0 unspecified atom stereocenters. The molecule has 5 nitrogen and oxygen atoms in total. The van der Waals surface area contributed by atoms with Crippen molar-refractivity contribution >= 4 is 5.91 Å². The molecule has 0 aromatic heterocycles. The summed E-state index contributed by atoms with van der Waals surface area (Å²) in [7, 11) is 2.09. The van der Waals surface area contributed by atoms with E-state index < -0.39 is 0 Å². The van der Waals surface area contributed by atoms with Crippen molar-refractivity contribution in [2.45, 2.75) is 46.1 Å². The number of hydrogen-bond donors (Lipinski definition) is 0. The van der Waals surface area contributed by atoms with Crippen molar-refractivity contribution in [2.24, 2.45) is 5.41 Å². The summed E-state index contributed by atoms with van der Waals surface area (Å²) in [6.45, 7) is 14.3. The van der Waals surface area contributed by atoms with E-state index in [-0.39, 0.29) is 11.5 Å².